The maximum absolute atomic E-state index is 13.4. The molecule has 0 aliphatic carbocycles. The van der Waals surface area contributed by atoms with Crippen molar-refractivity contribution in [2.24, 2.45) is 0 Å². The third kappa shape index (κ3) is 8.89. The molecular formula is C34H26ClFN4O3S2. The molecule has 1 atom stereocenters. The Balaban J connectivity index is 1.20. The molecule has 0 aliphatic rings. The number of rotatable bonds is 10. The largest absolute Gasteiger partial charge is 0.321 e. The summed E-state index contributed by atoms with van der Waals surface area (Å²) >= 11 is 8.66. The van der Waals surface area contributed by atoms with Crippen LogP contribution in [0.5, 0.6) is 0 Å². The van der Waals surface area contributed by atoms with Gasteiger partial charge < -0.3 is 16.0 Å². The zero-order valence-electron chi connectivity index (χ0n) is 23.8. The highest BCUT2D eigenvalue weighted by Crippen LogP contribution is 2.29. The van der Waals surface area contributed by atoms with Crippen LogP contribution in [-0.2, 0) is 9.59 Å². The first kappa shape index (κ1) is 31.6. The second kappa shape index (κ2) is 14.8. The lowest BCUT2D eigenvalue weighted by Crippen LogP contribution is -2.30. The molecule has 1 unspecified atom stereocenters. The van der Waals surface area contributed by atoms with E-state index in [1.165, 1.54) is 53.4 Å². The van der Waals surface area contributed by atoms with E-state index in [1.807, 2.05) is 17.5 Å². The third-order valence-electron chi connectivity index (χ3n) is 6.38. The Morgan fingerprint density at radius 3 is 2.27 bits per heavy atom. The Kier molecular flexibility index (Phi) is 10.4. The zero-order valence-corrected chi connectivity index (χ0v) is 26.2. The number of benzene rings is 4. The van der Waals surface area contributed by atoms with Crippen LogP contribution >= 0.6 is 34.7 Å². The van der Waals surface area contributed by atoms with Gasteiger partial charge in [0.2, 0.25) is 5.91 Å². The number of anilines is 2. The van der Waals surface area contributed by atoms with Gasteiger partial charge in [-0.05, 0) is 79.2 Å². The van der Waals surface area contributed by atoms with Crippen molar-refractivity contribution in [2.45, 2.75) is 17.1 Å². The summed E-state index contributed by atoms with van der Waals surface area (Å²) in [5.41, 5.74) is 3.04. The first-order valence-corrected chi connectivity index (χ1v) is 15.8. The number of aromatic nitrogens is 1. The summed E-state index contributed by atoms with van der Waals surface area (Å²) in [5.74, 6) is -1.63. The van der Waals surface area contributed by atoms with Gasteiger partial charge in [0.15, 0.2) is 5.13 Å². The maximum Gasteiger partial charge on any atom is 0.272 e. The van der Waals surface area contributed by atoms with Crippen molar-refractivity contribution < 1.29 is 18.8 Å². The molecule has 4 aromatic carbocycles. The average molecular weight is 657 g/mol. The standard InChI is InChI=1S/C34H26ClFN4O3S2/c1-21(31(41)40-34-39-30(20-44-34)23-9-11-25(35)12-10-23)45-28-17-15-27(16-18-28)37-33(43)29(19-22-7-13-26(36)14-8-22)38-32(42)24-5-3-2-4-6-24/h2-21H,1H3,(H,37,43)(H,38,42)(H,39,40,41)/b29-19-. The average Bonchev–Trinajstić information content (AvgIpc) is 3.51. The van der Waals surface area contributed by atoms with Crippen LogP contribution in [-0.4, -0.2) is 28.0 Å². The van der Waals surface area contributed by atoms with Gasteiger partial charge in [-0.1, -0.05) is 54.1 Å². The molecule has 0 radical (unpaired) electrons. The molecule has 0 spiro atoms. The number of amides is 3. The summed E-state index contributed by atoms with van der Waals surface area (Å²) in [6.45, 7) is 1.80. The first-order valence-electron chi connectivity index (χ1n) is 13.7. The van der Waals surface area contributed by atoms with Crippen LogP contribution in [0.1, 0.15) is 22.8 Å². The highest BCUT2D eigenvalue weighted by atomic mass is 35.5. The highest BCUT2D eigenvalue weighted by Gasteiger charge is 2.18. The highest BCUT2D eigenvalue weighted by molar-refractivity contribution is 8.00. The predicted molar refractivity (Wildman–Crippen MR) is 180 cm³/mol. The van der Waals surface area contributed by atoms with Crippen molar-refractivity contribution in [1.29, 1.82) is 0 Å². The number of nitrogens with one attached hydrogen (secondary N) is 3. The zero-order chi connectivity index (χ0) is 31.8. The van der Waals surface area contributed by atoms with Gasteiger partial charge in [-0.15, -0.1) is 23.1 Å². The van der Waals surface area contributed by atoms with Crippen molar-refractivity contribution in [3.8, 4) is 11.3 Å². The number of thioether (sulfide) groups is 1. The molecule has 1 heterocycles. The lowest BCUT2D eigenvalue weighted by Gasteiger charge is -2.13. The van der Waals surface area contributed by atoms with Crippen molar-refractivity contribution in [3.63, 3.8) is 0 Å². The lowest BCUT2D eigenvalue weighted by molar-refractivity contribution is -0.115. The Morgan fingerprint density at radius 1 is 0.889 bits per heavy atom. The Bertz CT molecular complexity index is 1830. The SMILES string of the molecule is CC(Sc1ccc(NC(=O)/C(=C/c2ccc(F)cc2)NC(=O)c2ccccc2)cc1)C(=O)Nc1nc(-c2ccc(Cl)cc2)cs1. The van der Waals surface area contributed by atoms with Crippen LogP contribution in [0.25, 0.3) is 17.3 Å². The molecule has 0 saturated carbocycles. The Morgan fingerprint density at radius 2 is 1.58 bits per heavy atom. The smallest absolute Gasteiger partial charge is 0.272 e. The summed E-state index contributed by atoms with van der Waals surface area (Å²) < 4.78 is 13.4. The van der Waals surface area contributed by atoms with Crippen LogP contribution in [0.3, 0.4) is 0 Å². The van der Waals surface area contributed by atoms with Crippen molar-refractivity contribution in [3.05, 3.63) is 136 Å². The van der Waals surface area contributed by atoms with Crippen molar-refractivity contribution >= 4 is 69.3 Å². The van der Waals surface area contributed by atoms with Gasteiger partial charge in [0.1, 0.15) is 11.5 Å². The van der Waals surface area contributed by atoms with E-state index in [9.17, 15) is 18.8 Å². The Hall–Kier alpha value is -4.77. The molecule has 0 bridgehead atoms. The van der Waals surface area contributed by atoms with Crippen molar-refractivity contribution in [2.75, 3.05) is 10.6 Å². The fraction of sp³-hybridized carbons (Fsp3) is 0.0588. The van der Waals surface area contributed by atoms with Crippen LogP contribution in [0.15, 0.2) is 119 Å². The minimum atomic E-state index is -0.557. The second-order valence-electron chi connectivity index (χ2n) is 9.70. The van der Waals surface area contributed by atoms with Gasteiger partial charge in [0.05, 0.1) is 10.9 Å². The van der Waals surface area contributed by atoms with Gasteiger partial charge in [0, 0.05) is 32.1 Å². The third-order valence-corrected chi connectivity index (χ3v) is 8.50. The molecule has 0 saturated heterocycles. The van der Waals surface area contributed by atoms with E-state index in [-0.39, 0.29) is 11.6 Å². The summed E-state index contributed by atoms with van der Waals surface area (Å²) in [5, 5.41) is 10.9. The monoisotopic (exact) mass is 656 g/mol. The summed E-state index contributed by atoms with van der Waals surface area (Å²) in [4.78, 5) is 44.2. The fourth-order valence-corrected chi connectivity index (χ4v) is 5.75. The van der Waals surface area contributed by atoms with E-state index in [4.69, 9.17) is 11.6 Å². The number of carbonyl (C=O) groups excluding carboxylic acids is 3. The first-order chi connectivity index (χ1) is 21.7. The molecule has 226 valence electrons. The van der Waals surface area contributed by atoms with Crippen LogP contribution in [0.2, 0.25) is 5.02 Å². The molecule has 0 aliphatic heterocycles. The molecule has 3 N–H and O–H groups in total. The quantitative estimate of drug-likeness (QED) is 0.104. The summed E-state index contributed by atoms with van der Waals surface area (Å²) in [6, 6.07) is 28.4. The molecule has 3 amide bonds. The van der Waals surface area contributed by atoms with E-state index < -0.39 is 22.9 Å². The maximum atomic E-state index is 13.4. The van der Waals surface area contributed by atoms with Gasteiger partial charge in [-0.2, -0.15) is 0 Å². The van der Waals surface area contributed by atoms with Gasteiger partial charge in [-0.25, -0.2) is 9.37 Å². The van der Waals surface area contributed by atoms with Gasteiger partial charge in [0.25, 0.3) is 11.8 Å². The molecule has 5 rings (SSSR count). The number of thiazole rings is 1. The predicted octanol–water partition coefficient (Wildman–Crippen LogP) is 8.13. The molecule has 45 heavy (non-hydrogen) atoms. The van der Waals surface area contributed by atoms with E-state index >= 15 is 0 Å². The normalized spacial score (nSPS) is 11.8. The number of carbonyl (C=O) groups is 3. The second-order valence-corrected chi connectivity index (χ2v) is 12.4. The van der Waals surface area contributed by atoms with Gasteiger partial charge >= 0.3 is 0 Å². The van der Waals surface area contributed by atoms with E-state index in [0.29, 0.717) is 27.0 Å². The van der Waals surface area contributed by atoms with Gasteiger partial charge in [-0.3, -0.25) is 14.4 Å². The van der Waals surface area contributed by atoms with Crippen LogP contribution < -0.4 is 16.0 Å². The minimum absolute atomic E-state index is 0.0133. The topological polar surface area (TPSA) is 100 Å². The number of hydrogen-bond donors (Lipinski definition) is 3. The summed E-state index contributed by atoms with van der Waals surface area (Å²) in [6.07, 6.45) is 1.47. The Labute approximate surface area is 272 Å². The molecule has 1 aromatic heterocycles. The lowest BCUT2D eigenvalue weighted by atomic mass is 10.1. The molecule has 11 heteroatoms. The van der Waals surface area contributed by atoms with Crippen molar-refractivity contribution in [1.82, 2.24) is 10.3 Å². The fourth-order valence-electron chi connectivity index (χ4n) is 4.03. The van der Waals surface area contributed by atoms with Crippen LogP contribution in [0.4, 0.5) is 15.2 Å². The van der Waals surface area contributed by atoms with E-state index in [0.717, 1.165) is 16.2 Å². The summed E-state index contributed by atoms with van der Waals surface area (Å²) in [7, 11) is 0. The molecule has 5 aromatic rings. The molecule has 0 fully saturated rings. The van der Waals surface area contributed by atoms with E-state index in [2.05, 4.69) is 20.9 Å². The molecule has 7 nitrogen and oxygen atoms in total. The number of hydrogen-bond acceptors (Lipinski definition) is 6. The van der Waals surface area contributed by atoms with Crippen LogP contribution in [0, 0.1) is 5.82 Å². The minimum Gasteiger partial charge on any atom is -0.321 e. The molecular weight excluding hydrogens is 631 g/mol. The number of nitrogens with zero attached hydrogens (tertiary/aromatic N) is 1. The van der Waals surface area contributed by atoms with E-state index in [1.54, 1.807) is 73.7 Å². The number of halogens is 2.